The van der Waals surface area contributed by atoms with E-state index in [2.05, 4.69) is 10.4 Å². The Balaban J connectivity index is 2.19. The SMILES string of the molecule is CCc1nn(C)cc1CNc1cccc(C(=O)O)c1N. The largest absolute Gasteiger partial charge is 0.478 e. The number of carbonyl (C=O) groups is 1. The number of rotatable bonds is 5. The van der Waals surface area contributed by atoms with Crippen LogP contribution in [0.1, 0.15) is 28.5 Å². The maximum atomic E-state index is 11.0. The number of nitrogens with one attached hydrogen (secondary N) is 1. The van der Waals surface area contributed by atoms with Crippen molar-refractivity contribution in [1.29, 1.82) is 0 Å². The summed E-state index contributed by atoms with van der Waals surface area (Å²) in [6.45, 7) is 2.61. The molecule has 0 atom stereocenters. The lowest BCUT2D eigenvalue weighted by molar-refractivity contribution is 0.0698. The molecule has 0 saturated heterocycles. The summed E-state index contributed by atoms with van der Waals surface area (Å²) in [6, 6.07) is 4.93. The third kappa shape index (κ3) is 2.74. The van der Waals surface area contributed by atoms with Gasteiger partial charge in [-0.2, -0.15) is 5.10 Å². The maximum absolute atomic E-state index is 11.0. The van der Waals surface area contributed by atoms with Gasteiger partial charge in [0.2, 0.25) is 0 Å². The molecule has 0 aliphatic carbocycles. The van der Waals surface area contributed by atoms with Crippen LogP contribution in [0.3, 0.4) is 0 Å². The summed E-state index contributed by atoms with van der Waals surface area (Å²) in [6.07, 6.45) is 2.80. The van der Waals surface area contributed by atoms with Crippen LogP contribution in [-0.2, 0) is 20.0 Å². The average molecular weight is 274 g/mol. The number of nitrogens with zero attached hydrogens (tertiary/aromatic N) is 2. The Morgan fingerprint density at radius 2 is 2.25 bits per heavy atom. The molecule has 2 rings (SSSR count). The summed E-state index contributed by atoms with van der Waals surface area (Å²) in [5.74, 6) is -1.03. The lowest BCUT2D eigenvalue weighted by Crippen LogP contribution is -2.08. The van der Waals surface area contributed by atoms with Crippen LogP contribution in [0.2, 0.25) is 0 Å². The van der Waals surface area contributed by atoms with Crippen molar-refractivity contribution in [3.63, 3.8) is 0 Å². The first kappa shape index (κ1) is 13.9. The molecule has 4 N–H and O–H groups in total. The van der Waals surface area contributed by atoms with Crippen LogP contribution >= 0.6 is 0 Å². The average Bonchev–Trinajstić information content (AvgIpc) is 2.77. The monoisotopic (exact) mass is 274 g/mol. The van der Waals surface area contributed by atoms with Crippen molar-refractivity contribution in [1.82, 2.24) is 9.78 Å². The van der Waals surface area contributed by atoms with Gasteiger partial charge in [-0.05, 0) is 18.6 Å². The number of carboxylic acids is 1. The van der Waals surface area contributed by atoms with E-state index < -0.39 is 5.97 Å². The Hall–Kier alpha value is -2.50. The van der Waals surface area contributed by atoms with Crippen LogP contribution in [0.15, 0.2) is 24.4 Å². The standard InChI is InChI=1S/C14H18N4O2/c1-3-11-9(8-18(2)17-11)7-16-12-6-4-5-10(13(12)15)14(19)20/h4-6,8,16H,3,7,15H2,1-2H3,(H,19,20). The molecule has 20 heavy (non-hydrogen) atoms. The highest BCUT2D eigenvalue weighted by Crippen LogP contribution is 2.23. The normalized spacial score (nSPS) is 10.5. The van der Waals surface area contributed by atoms with E-state index in [4.69, 9.17) is 10.8 Å². The fraction of sp³-hybridized carbons (Fsp3) is 0.286. The molecule has 0 unspecified atom stereocenters. The molecule has 1 aromatic heterocycles. The van der Waals surface area contributed by atoms with Gasteiger partial charge in [0.05, 0.1) is 22.6 Å². The van der Waals surface area contributed by atoms with Crippen LogP contribution in [0.4, 0.5) is 11.4 Å². The predicted octanol–water partition coefficient (Wildman–Crippen LogP) is 1.88. The number of para-hydroxylation sites is 1. The molecule has 0 amide bonds. The molecule has 6 nitrogen and oxygen atoms in total. The van der Waals surface area contributed by atoms with Crippen LogP contribution in [0.25, 0.3) is 0 Å². The number of anilines is 2. The van der Waals surface area contributed by atoms with Gasteiger partial charge in [0.25, 0.3) is 0 Å². The molecule has 0 aliphatic rings. The minimum atomic E-state index is -1.03. The number of nitrogen functional groups attached to an aromatic ring is 1. The van der Waals surface area contributed by atoms with E-state index in [-0.39, 0.29) is 11.3 Å². The second kappa shape index (κ2) is 5.64. The molecule has 1 aromatic carbocycles. The first-order valence-electron chi connectivity index (χ1n) is 6.40. The van der Waals surface area contributed by atoms with E-state index in [1.54, 1.807) is 16.8 Å². The highest BCUT2D eigenvalue weighted by atomic mass is 16.4. The Morgan fingerprint density at radius 1 is 1.50 bits per heavy atom. The fourth-order valence-electron chi connectivity index (χ4n) is 2.13. The zero-order valence-corrected chi connectivity index (χ0v) is 11.6. The van der Waals surface area contributed by atoms with Crippen LogP contribution in [-0.4, -0.2) is 20.9 Å². The van der Waals surface area contributed by atoms with E-state index in [0.29, 0.717) is 12.2 Å². The Morgan fingerprint density at radius 3 is 2.90 bits per heavy atom. The highest BCUT2D eigenvalue weighted by Gasteiger charge is 2.11. The summed E-state index contributed by atoms with van der Waals surface area (Å²) >= 11 is 0. The number of hydrogen-bond acceptors (Lipinski definition) is 4. The van der Waals surface area contributed by atoms with Gasteiger partial charge in [0, 0.05) is 25.4 Å². The molecule has 0 fully saturated rings. The van der Waals surface area contributed by atoms with Crippen molar-refractivity contribution < 1.29 is 9.90 Å². The smallest absolute Gasteiger partial charge is 0.337 e. The van der Waals surface area contributed by atoms with Crippen molar-refractivity contribution in [2.45, 2.75) is 19.9 Å². The molecular formula is C14H18N4O2. The zero-order valence-electron chi connectivity index (χ0n) is 11.6. The first-order chi connectivity index (χ1) is 9.52. The van der Waals surface area contributed by atoms with Crippen molar-refractivity contribution in [3.05, 3.63) is 41.2 Å². The number of hydrogen-bond donors (Lipinski definition) is 3. The number of aromatic nitrogens is 2. The maximum Gasteiger partial charge on any atom is 0.337 e. The van der Waals surface area contributed by atoms with Gasteiger partial charge in [-0.3, -0.25) is 4.68 Å². The van der Waals surface area contributed by atoms with Crippen LogP contribution in [0, 0.1) is 0 Å². The number of carboxylic acid groups (broad SMARTS) is 1. The molecule has 0 spiro atoms. The summed E-state index contributed by atoms with van der Waals surface area (Å²) in [5.41, 5.74) is 8.94. The van der Waals surface area contributed by atoms with E-state index in [1.165, 1.54) is 6.07 Å². The number of benzene rings is 1. The van der Waals surface area contributed by atoms with Crippen molar-refractivity contribution in [2.24, 2.45) is 7.05 Å². The van der Waals surface area contributed by atoms with Gasteiger partial charge in [-0.1, -0.05) is 13.0 Å². The van der Waals surface area contributed by atoms with E-state index in [1.807, 2.05) is 20.2 Å². The molecule has 1 heterocycles. The molecule has 106 valence electrons. The second-order valence-electron chi connectivity index (χ2n) is 4.55. The second-order valence-corrected chi connectivity index (χ2v) is 4.55. The minimum absolute atomic E-state index is 0.108. The van der Waals surface area contributed by atoms with Crippen molar-refractivity contribution in [2.75, 3.05) is 11.1 Å². The third-order valence-corrected chi connectivity index (χ3v) is 3.13. The number of aryl methyl sites for hydroxylation is 2. The predicted molar refractivity (Wildman–Crippen MR) is 77.7 cm³/mol. The summed E-state index contributed by atoms with van der Waals surface area (Å²) in [4.78, 5) is 11.0. The molecule has 0 radical (unpaired) electrons. The van der Waals surface area contributed by atoms with Crippen LogP contribution in [0.5, 0.6) is 0 Å². The number of nitrogens with two attached hydrogens (primary N) is 1. The van der Waals surface area contributed by atoms with E-state index >= 15 is 0 Å². The van der Waals surface area contributed by atoms with Gasteiger partial charge < -0.3 is 16.2 Å². The van der Waals surface area contributed by atoms with Gasteiger partial charge >= 0.3 is 5.97 Å². The van der Waals surface area contributed by atoms with E-state index in [0.717, 1.165) is 17.7 Å². The van der Waals surface area contributed by atoms with Gasteiger partial charge in [0.1, 0.15) is 0 Å². The molecular weight excluding hydrogens is 256 g/mol. The first-order valence-corrected chi connectivity index (χ1v) is 6.40. The summed E-state index contributed by atoms with van der Waals surface area (Å²) in [5, 5.41) is 16.6. The highest BCUT2D eigenvalue weighted by molar-refractivity contribution is 5.97. The molecule has 2 aromatic rings. The lowest BCUT2D eigenvalue weighted by atomic mass is 10.1. The van der Waals surface area contributed by atoms with E-state index in [9.17, 15) is 4.79 Å². The molecule has 6 heteroatoms. The fourth-order valence-corrected chi connectivity index (χ4v) is 2.13. The van der Waals surface area contributed by atoms with Gasteiger partial charge in [-0.15, -0.1) is 0 Å². The zero-order chi connectivity index (χ0) is 14.7. The van der Waals surface area contributed by atoms with Crippen molar-refractivity contribution in [3.8, 4) is 0 Å². The molecule has 0 saturated carbocycles. The Labute approximate surface area is 117 Å². The van der Waals surface area contributed by atoms with Gasteiger partial charge in [-0.25, -0.2) is 4.79 Å². The lowest BCUT2D eigenvalue weighted by Gasteiger charge is -2.10. The Bertz CT molecular complexity index is 634. The quantitative estimate of drug-likeness (QED) is 0.724. The molecule has 0 aliphatic heterocycles. The van der Waals surface area contributed by atoms with Crippen molar-refractivity contribution >= 4 is 17.3 Å². The third-order valence-electron chi connectivity index (χ3n) is 3.13. The van der Waals surface area contributed by atoms with Gasteiger partial charge in [0.15, 0.2) is 0 Å². The Kier molecular flexibility index (Phi) is 3.93. The molecule has 0 bridgehead atoms. The minimum Gasteiger partial charge on any atom is -0.478 e. The summed E-state index contributed by atoms with van der Waals surface area (Å²) in [7, 11) is 1.88. The summed E-state index contributed by atoms with van der Waals surface area (Å²) < 4.78 is 1.77. The number of aromatic carboxylic acids is 1. The topological polar surface area (TPSA) is 93.2 Å². The van der Waals surface area contributed by atoms with Crippen LogP contribution < -0.4 is 11.1 Å².